The maximum atomic E-state index is 5.89. The van der Waals surface area contributed by atoms with Gasteiger partial charge in [-0.05, 0) is 17.0 Å². The second kappa shape index (κ2) is 3.77. The summed E-state index contributed by atoms with van der Waals surface area (Å²) < 4.78 is 2.07. The maximum absolute atomic E-state index is 5.89. The van der Waals surface area contributed by atoms with Gasteiger partial charge in [0.1, 0.15) is 5.82 Å². The summed E-state index contributed by atoms with van der Waals surface area (Å²) in [7, 11) is 2.01. The highest BCUT2D eigenvalue weighted by Crippen LogP contribution is 2.29. The van der Waals surface area contributed by atoms with Crippen molar-refractivity contribution in [1.29, 1.82) is 0 Å². The zero-order chi connectivity index (χ0) is 11.9. The Kier molecular flexibility index (Phi) is 2.70. The second-order valence-electron chi connectivity index (χ2n) is 5.14. The fraction of sp³-hybridized carbons (Fsp3) is 0.462. The molecule has 0 radical (unpaired) electrons. The van der Waals surface area contributed by atoms with Gasteiger partial charge in [0.2, 0.25) is 0 Å². The Morgan fingerprint density at radius 2 is 2.00 bits per heavy atom. The Bertz CT molecular complexity index is 520. The molecular weight excluding hydrogens is 220 g/mol. The van der Waals surface area contributed by atoms with Gasteiger partial charge in [0, 0.05) is 7.05 Å². The SMILES string of the molecule is Cn1c(CCl)nc2c(C(C)(C)C)cccc21. The Labute approximate surface area is 101 Å². The predicted octanol–water partition coefficient (Wildman–Crippen LogP) is 3.61. The monoisotopic (exact) mass is 236 g/mol. The fourth-order valence-corrected chi connectivity index (χ4v) is 2.23. The lowest BCUT2D eigenvalue weighted by Crippen LogP contribution is -2.11. The van der Waals surface area contributed by atoms with Gasteiger partial charge in [0.25, 0.3) is 0 Å². The number of benzene rings is 1. The molecule has 1 heterocycles. The van der Waals surface area contributed by atoms with Gasteiger partial charge in [-0.1, -0.05) is 32.9 Å². The van der Waals surface area contributed by atoms with Crippen LogP contribution < -0.4 is 0 Å². The van der Waals surface area contributed by atoms with E-state index in [9.17, 15) is 0 Å². The molecule has 86 valence electrons. The average molecular weight is 237 g/mol. The van der Waals surface area contributed by atoms with Gasteiger partial charge >= 0.3 is 0 Å². The third kappa shape index (κ3) is 1.71. The molecular formula is C13H17ClN2. The van der Waals surface area contributed by atoms with Gasteiger partial charge in [-0.3, -0.25) is 0 Å². The molecule has 2 nitrogen and oxygen atoms in total. The van der Waals surface area contributed by atoms with Crippen molar-refractivity contribution < 1.29 is 0 Å². The summed E-state index contributed by atoms with van der Waals surface area (Å²) in [5.74, 6) is 1.38. The molecule has 3 heteroatoms. The maximum Gasteiger partial charge on any atom is 0.124 e. The number of imidazole rings is 1. The Balaban J connectivity index is 2.79. The van der Waals surface area contributed by atoms with Crippen molar-refractivity contribution in [2.45, 2.75) is 32.1 Å². The summed E-state index contributed by atoms with van der Waals surface area (Å²) in [6, 6.07) is 6.32. The molecule has 0 spiro atoms. The molecule has 2 aromatic rings. The van der Waals surface area contributed by atoms with Crippen LogP contribution >= 0.6 is 11.6 Å². The van der Waals surface area contributed by atoms with E-state index in [4.69, 9.17) is 11.6 Å². The van der Waals surface area contributed by atoms with Crippen molar-refractivity contribution in [3.63, 3.8) is 0 Å². The molecule has 16 heavy (non-hydrogen) atoms. The van der Waals surface area contributed by atoms with Crippen LogP contribution in [0.1, 0.15) is 32.2 Å². The highest BCUT2D eigenvalue weighted by molar-refractivity contribution is 6.16. The number of para-hydroxylation sites is 1. The summed E-state index contributed by atoms with van der Waals surface area (Å²) >= 11 is 5.89. The molecule has 1 aromatic heterocycles. The highest BCUT2D eigenvalue weighted by atomic mass is 35.5. The number of hydrogen-bond acceptors (Lipinski definition) is 1. The van der Waals surface area contributed by atoms with Crippen molar-refractivity contribution in [3.8, 4) is 0 Å². The number of hydrogen-bond donors (Lipinski definition) is 0. The van der Waals surface area contributed by atoms with E-state index in [1.165, 1.54) is 5.56 Å². The van der Waals surface area contributed by atoms with Crippen LogP contribution in [-0.4, -0.2) is 9.55 Å². The minimum absolute atomic E-state index is 0.109. The number of aromatic nitrogens is 2. The number of fused-ring (bicyclic) bond motifs is 1. The van der Waals surface area contributed by atoms with E-state index in [1.807, 2.05) is 7.05 Å². The number of halogens is 1. The van der Waals surface area contributed by atoms with Crippen molar-refractivity contribution in [1.82, 2.24) is 9.55 Å². The van der Waals surface area contributed by atoms with Gasteiger partial charge in [-0.2, -0.15) is 0 Å². The van der Waals surface area contributed by atoms with E-state index in [2.05, 4.69) is 48.5 Å². The quantitative estimate of drug-likeness (QED) is 0.692. The summed E-state index contributed by atoms with van der Waals surface area (Å²) in [6.45, 7) is 6.62. The van der Waals surface area contributed by atoms with E-state index in [-0.39, 0.29) is 5.41 Å². The molecule has 0 saturated heterocycles. The Morgan fingerprint density at radius 1 is 1.31 bits per heavy atom. The molecule has 0 unspecified atom stereocenters. The summed E-state index contributed by atoms with van der Waals surface area (Å²) in [5.41, 5.74) is 3.62. The van der Waals surface area contributed by atoms with Crippen molar-refractivity contribution in [2.75, 3.05) is 0 Å². The summed E-state index contributed by atoms with van der Waals surface area (Å²) in [6.07, 6.45) is 0. The smallest absolute Gasteiger partial charge is 0.124 e. The first-order valence-electron chi connectivity index (χ1n) is 5.46. The molecule has 0 aliphatic heterocycles. The van der Waals surface area contributed by atoms with Crippen molar-refractivity contribution >= 4 is 22.6 Å². The van der Waals surface area contributed by atoms with Crippen LogP contribution in [0.25, 0.3) is 11.0 Å². The number of aryl methyl sites for hydroxylation is 1. The molecule has 0 fully saturated rings. The number of rotatable bonds is 1. The second-order valence-corrected chi connectivity index (χ2v) is 5.41. The lowest BCUT2D eigenvalue weighted by Gasteiger charge is -2.19. The van der Waals surface area contributed by atoms with E-state index in [1.54, 1.807) is 0 Å². The fourth-order valence-electron chi connectivity index (χ4n) is 1.99. The van der Waals surface area contributed by atoms with Crippen LogP contribution in [0.4, 0.5) is 0 Å². The van der Waals surface area contributed by atoms with Gasteiger partial charge < -0.3 is 4.57 Å². The highest BCUT2D eigenvalue weighted by Gasteiger charge is 2.19. The van der Waals surface area contributed by atoms with E-state index >= 15 is 0 Å². The molecule has 0 bridgehead atoms. The summed E-state index contributed by atoms with van der Waals surface area (Å²) in [4.78, 5) is 4.63. The standard InChI is InChI=1S/C13H17ClN2/c1-13(2,3)9-6-5-7-10-12(9)15-11(8-14)16(10)4/h5-7H,8H2,1-4H3. The van der Waals surface area contributed by atoms with Crippen molar-refractivity contribution in [2.24, 2.45) is 7.05 Å². The molecule has 2 rings (SSSR count). The molecule has 0 atom stereocenters. The van der Waals surface area contributed by atoms with Crippen LogP contribution in [0.15, 0.2) is 18.2 Å². The lowest BCUT2D eigenvalue weighted by molar-refractivity contribution is 0.595. The van der Waals surface area contributed by atoms with Crippen LogP contribution in [0.5, 0.6) is 0 Å². The van der Waals surface area contributed by atoms with Gasteiger partial charge in [-0.25, -0.2) is 4.98 Å². The topological polar surface area (TPSA) is 17.8 Å². The Morgan fingerprint density at radius 3 is 2.56 bits per heavy atom. The minimum Gasteiger partial charge on any atom is -0.330 e. The number of nitrogens with zero attached hydrogens (tertiary/aromatic N) is 2. The zero-order valence-electron chi connectivity index (χ0n) is 10.2. The number of alkyl halides is 1. The van der Waals surface area contributed by atoms with Crippen molar-refractivity contribution in [3.05, 3.63) is 29.6 Å². The first-order chi connectivity index (χ1) is 7.45. The van der Waals surface area contributed by atoms with Crippen LogP contribution in [0.2, 0.25) is 0 Å². The van der Waals surface area contributed by atoms with Gasteiger partial charge in [-0.15, -0.1) is 11.6 Å². The predicted molar refractivity (Wildman–Crippen MR) is 69.0 cm³/mol. The average Bonchev–Trinajstić information content (AvgIpc) is 2.54. The molecule has 0 saturated carbocycles. The summed E-state index contributed by atoms with van der Waals surface area (Å²) in [5, 5.41) is 0. The molecule has 0 amide bonds. The van der Waals surface area contributed by atoms with E-state index in [0.29, 0.717) is 5.88 Å². The lowest BCUT2D eigenvalue weighted by atomic mass is 9.86. The van der Waals surface area contributed by atoms with Gasteiger partial charge in [0.05, 0.1) is 16.9 Å². The van der Waals surface area contributed by atoms with Crippen LogP contribution in [0, 0.1) is 0 Å². The molecule has 0 aliphatic rings. The zero-order valence-corrected chi connectivity index (χ0v) is 11.0. The van der Waals surface area contributed by atoms with Crippen LogP contribution in [0.3, 0.4) is 0 Å². The third-order valence-electron chi connectivity index (χ3n) is 2.93. The van der Waals surface area contributed by atoms with E-state index in [0.717, 1.165) is 16.9 Å². The normalized spacial score (nSPS) is 12.3. The molecule has 0 N–H and O–H groups in total. The first kappa shape index (κ1) is 11.5. The van der Waals surface area contributed by atoms with Crippen LogP contribution in [-0.2, 0) is 18.3 Å². The third-order valence-corrected chi connectivity index (χ3v) is 3.17. The van der Waals surface area contributed by atoms with E-state index < -0.39 is 0 Å². The first-order valence-corrected chi connectivity index (χ1v) is 5.99. The minimum atomic E-state index is 0.109. The molecule has 0 aliphatic carbocycles. The Hall–Kier alpha value is -1.02. The largest absolute Gasteiger partial charge is 0.330 e. The molecule has 1 aromatic carbocycles. The van der Waals surface area contributed by atoms with Gasteiger partial charge in [0.15, 0.2) is 0 Å².